The molecule has 0 bridgehead atoms. The number of hydrogen-bond donors (Lipinski definition) is 0. The molecule has 3 heterocycles. The molecule has 31 heavy (non-hydrogen) atoms. The molecule has 162 valence electrons. The second kappa shape index (κ2) is 8.67. The van der Waals surface area contributed by atoms with Crippen LogP contribution in [0.5, 0.6) is 0 Å². The Labute approximate surface area is 181 Å². The van der Waals surface area contributed by atoms with E-state index >= 15 is 0 Å². The van der Waals surface area contributed by atoms with Crippen LogP contribution in [0.15, 0.2) is 54.9 Å². The molecule has 1 unspecified atom stereocenters. The van der Waals surface area contributed by atoms with Gasteiger partial charge in [-0.2, -0.15) is 0 Å². The first-order valence-corrected chi connectivity index (χ1v) is 11.1. The molecule has 7 heteroatoms. The fraction of sp³-hybridized carbons (Fsp3) is 0.417. The number of piperazine rings is 1. The minimum absolute atomic E-state index is 0.151. The number of aromatic nitrogens is 2. The maximum absolute atomic E-state index is 14.1. The van der Waals surface area contributed by atoms with Crippen molar-refractivity contribution in [3.63, 3.8) is 0 Å². The van der Waals surface area contributed by atoms with E-state index in [0.29, 0.717) is 18.3 Å². The van der Waals surface area contributed by atoms with Gasteiger partial charge in [0.05, 0.1) is 23.0 Å². The van der Waals surface area contributed by atoms with Gasteiger partial charge in [-0.1, -0.05) is 24.3 Å². The third-order valence-corrected chi connectivity index (χ3v) is 6.61. The van der Waals surface area contributed by atoms with Gasteiger partial charge < -0.3 is 14.4 Å². The van der Waals surface area contributed by atoms with Crippen molar-refractivity contribution in [2.45, 2.75) is 25.4 Å². The van der Waals surface area contributed by atoms with E-state index in [-0.39, 0.29) is 11.7 Å². The number of hydrogen-bond acceptors (Lipinski definition) is 4. The zero-order valence-corrected chi connectivity index (χ0v) is 17.7. The molecule has 6 nitrogen and oxygen atoms in total. The number of anilines is 1. The summed E-state index contributed by atoms with van der Waals surface area (Å²) in [6.45, 7) is 5.33. The first-order valence-electron chi connectivity index (χ1n) is 11.1. The van der Waals surface area contributed by atoms with Gasteiger partial charge in [-0.3, -0.25) is 9.69 Å². The molecule has 0 aliphatic carbocycles. The molecule has 1 aromatic heterocycles. The van der Waals surface area contributed by atoms with Gasteiger partial charge in [0.1, 0.15) is 12.4 Å². The Balaban J connectivity index is 1.19. The lowest BCUT2D eigenvalue weighted by Crippen LogP contribution is -2.56. The summed E-state index contributed by atoms with van der Waals surface area (Å²) in [4.78, 5) is 24.0. The van der Waals surface area contributed by atoms with Crippen molar-refractivity contribution in [3.05, 3.63) is 60.7 Å². The van der Waals surface area contributed by atoms with Crippen LogP contribution in [0.1, 0.15) is 12.8 Å². The summed E-state index contributed by atoms with van der Waals surface area (Å²) in [5.74, 6) is -0.00439. The number of rotatable bonds is 4. The number of likely N-dealkylation sites (tertiary alicyclic amines) is 1. The van der Waals surface area contributed by atoms with E-state index in [1.807, 2.05) is 45.9 Å². The first kappa shape index (κ1) is 20.0. The maximum Gasteiger partial charge on any atom is 0.242 e. The van der Waals surface area contributed by atoms with Crippen molar-refractivity contribution in [2.24, 2.45) is 0 Å². The number of piperidine rings is 1. The number of halogens is 1. The molecule has 1 amide bonds. The predicted molar refractivity (Wildman–Crippen MR) is 120 cm³/mol. The first-order chi connectivity index (χ1) is 15.2. The average Bonchev–Trinajstić information content (AvgIpc) is 3.22. The highest BCUT2D eigenvalue weighted by molar-refractivity contribution is 5.80. The number of imidazole rings is 1. The number of nitrogens with zero attached hydrogens (tertiary/aromatic N) is 5. The maximum atomic E-state index is 14.1. The highest BCUT2D eigenvalue weighted by atomic mass is 19.1. The molecule has 2 aliphatic rings. The average molecular weight is 422 g/mol. The normalized spacial score (nSPS) is 20.4. The summed E-state index contributed by atoms with van der Waals surface area (Å²) in [7, 11) is 0. The monoisotopic (exact) mass is 421 g/mol. The van der Waals surface area contributed by atoms with Crippen LogP contribution in [0.3, 0.4) is 0 Å². The van der Waals surface area contributed by atoms with Crippen LogP contribution in [0.25, 0.3) is 11.0 Å². The van der Waals surface area contributed by atoms with E-state index in [4.69, 9.17) is 0 Å². The molecule has 0 radical (unpaired) electrons. The number of carbonyl (C=O) groups is 1. The summed E-state index contributed by atoms with van der Waals surface area (Å²) >= 11 is 0. The van der Waals surface area contributed by atoms with Crippen molar-refractivity contribution in [2.75, 3.05) is 44.2 Å². The van der Waals surface area contributed by atoms with Crippen LogP contribution in [0, 0.1) is 5.82 Å². The number of benzene rings is 2. The zero-order chi connectivity index (χ0) is 21.2. The molecule has 3 aromatic rings. The Kier molecular flexibility index (Phi) is 5.59. The number of carbonyl (C=O) groups excluding carboxylic acids is 1. The number of fused-ring (bicyclic) bond motifs is 1. The summed E-state index contributed by atoms with van der Waals surface area (Å²) in [5, 5.41) is 0. The minimum atomic E-state index is -0.155. The molecule has 2 fully saturated rings. The highest BCUT2D eigenvalue weighted by Gasteiger charge is 2.30. The summed E-state index contributed by atoms with van der Waals surface area (Å²) in [5.41, 5.74) is 2.60. The highest BCUT2D eigenvalue weighted by Crippen LogP contribution is 2.23. The summed E-state index contributed by atoms with van der Waals surface area (Å²) < 4.78 is 16.1. The van der Waals surface area contributed by atoms with Gasteiger partial charge in [-0.15, -0.1) is 0 Å². The zero-order valence-electron chi connectivity index (χ0n) is 17.7. The third kappa shape index (κ3) is 4.14. The molecule has 0 N–H and O–H groups in total. The largest absolute Gasteiger partial charge is 0.367 e. The molecule has 1 atom stereocenters. The van der Waals surface area contributed by atoms with Crippen LogP contribution in [-0.4, -0.2) is 70.6 Å². The fourth-order valence-electron chi connectivity index (χ4n) is 4.90. The number of para-hydroxylation sites is 3. The topological polar surface area (TPSA) is 44.6 Å². The van der Waals surface area contributed by atoms with Crippen molar-refractivity contribution >= 4 is 22.6 Å². The van der Waals surface area contributed by atoms with Crippen LogP contribution >= 0.6 is 0 Å². The molecular weight excluding hydrogens is 393 g/mol. The van der Waals surface area contributed by atoms with Gasteiger partial charge >= 0.3 is 0 Å². The summed E-state index contributed by atoms with van der Waals surface area (Å²) in [6.07, 6.45) is 3.89. The fourth-order valence-corrected chi connectivity index (χ4v) is 4.90. The van der Waals surface area contributed by atoms with Crippen LogP contribution in [-0.2, 0) is 11.3 Å². The molecule has 5 rings (SSSR count). The predicted octanol–water partition coefficient (Wildman–Crippen LogP) is 2.99. The van der Waals surface area contributed by atoms with E-state index in [1.54, 1.807) is 12.4 Å². The Hall–Kier alpha value is -2.93. The van der Waals surface area contributed by atoms with E-state index in [2.05, 4.69) is 14.8 Å². The lowest BCUT2D eigenvalue weighted by atomic mass is 10.0. The van der Waals surface area contributed by atoms with E-state index < -0.39 is 0 Å². The van der Waals surface area contributed by atoms with Gasteiger partial charge in [0, 0.05) is 45.3 Å². The Morgan fingerprint density at radius 1 is 1.00 bits per heavy atom. The Morgan fingerprint density at radius 2 is 1.77 bits per heavy atom. The van der Waals surface area contributed by atoms with Crippen molar-refractivity contribution in [1.82, 2.24) is 19.4 Å². The molecule has 2 aromatic carbocycles. The van der Waals surface area contributed by atoms with E-state index in [0.717, 1.165) is 63.1 Å². The van der Waals surface area contributed by atoms with Gasteiger partial charge in [0.25, 0.3) is 0 Å². The van der Waals surface area contributed by atoms with Crippen molar-refractivity contribution in [3.8, 4) is 0 Å². The van der Waals surface area contributed by atoms with Crippen LogP contribution in [0.2, 0.25) is 0 Å². The van der Waals surface area contributed by atoms with Gasteiger partial charge in [-0.25, -0.2) is 9.37 Å². The molecular formula is C24H28FN5O. The SMILES string of the molecule is O=C(Cn1cnc2ccccc21)N1CCCC(N2CCN(c3ccccc3F)CC2)C1. The second-order valence-corrected chi connectivity index (χ2v) is 8.47. The van der Waals surface area contributed by atoms with Crippen molar-refractivity contribution in [1.29, 1.82) is 0 Å². The molecule has 2 saturated heterocycles. The van der Waals surface area contributed by atoms with E-state index in [9.17, 15) is 9.18 Å². The lowest BCUT2D eigenvalue weighted by molar-refractivity contribution is -0.134. The molecule has 0 saturated carbocycles. The van der Waals surface area contributed by atoms with Crippen LogP contribution in [0.4, 0.5) is 10.1 Å². The summed E-state index contributed by atoms with van der Waals surface area (Å²) in [6, 6.07) is 15.3. The molecule has 2 aliphatic heterocycles. The van der Waals surface area contributed by atoms with Gasteiger partial charge in [0.2, 0.25) is 5.91 Å². The smallest absolute Gasteiger partial charge is 0.242 e. The number of amides is 1. The Bertz CT molecular complexity index is 1060. The van der Waals surface area contributed by atoms with Crippen LogP contribution < -0.4 is 4.90 Å². The third-order valence-electron chi connectivity index (χ3n) is 6.61. The quantitative estimate of drug-likeness (QED) is 0.650. The molecule has 0 spiro atoms. The second-order valence-electron chi connectivity index (χ2n) is 8.47. The van der Waals surface area contributed by atoms with Crippen molar-refractivity contribution < 1.29 is 9.18 Å². The Morgan fingerprint density at radius 3 is 2.61 bits per heavy atom. The minimum Gasteiger partial charge on any atom is -0.367 e. The van der Waals surface area contributed by atoms with Gasteiger partial charge in [-0.05, 0) is 37.1 Å². The van der Waals surface area contributed by atoms with Gasteiger partial charge in [0.15, 0.2) is 0 Å². The van der Waals surface area contributed by atoms with E-state index in [1.165, 1.54) is 6.07 Å². The standard InChI is InChI=1S/C24H28FN5O/c25-20-7-1-3-9-22(20)28-14-12-27(13-15-28)19-6-5-11-29(16-19)24(31)17-30-18-26-21-8-2-4-10-23(21)30/h1-4,7-10,18-19H,5-6,11-17H2. The lowest BCUT2D eigenvalue weighted by Gasteiger charge is -2.44.